The van der Waals surface area contributed by atoms with Gasteiger partial charge >= 0.3 is 7.12 Å². The molecule has 1 aliphatic rings. The summed E-state index contributed by atoms with van der Waals surface area (Å²) in [5.41, 5.74) is 4.61. The number of halogens is 1. The van der Waals surface area contributed by atoms with Crippen molar-refractivity contribution < 1.29 is 19.6 Å². The number of piperazine rings is 1. The molecule has 9 nitrogen and oxygen atoms in total. The number of hydrogen-bond donors (Lipinski definition) is 3. The van der Waals surface area contributed by atoms with Crippen LogP contribution in [0.25, 0.3) is 22.5 Å². The number of benzene rings is 3. The molecule has 1 amide bonds. The first kappa shape index (κ1) is 34.1. The number of carbonyl (C=O) groups is 1. The Morgan fingerprint density at radius 3 is 2.24 bits per heavy atom. The predicted octanol–water partition coefficient (Wildman–Crippen LogP) is 4.38. The van der Waals surface area contributed by atoms with E-state index in [0.29, 0.717) is 13.0 Å². The monoisotopic (exact) mass is 631 g/mol. The van der Waals surface area contributed by atoms with Crippen LogP contribution in [-0.4, -0.2) is 83.0 Å². The molecule has 1 atom stereocenters. The smallest absolute Gasteiger partial charge is 0.475 e. The number of ether oxygens (including phenoxy) is 1. The van der Waals surface area contributed by atoms with E-state index in [9.17, 15) is 14.8 Å². The maximum Gasteiger partial charge on any atom is 0.475 e. The zero-order valence-electron chi connectivity index (χ0n) is 26.0. The Kier molecular flexibility index (Phi) is 12.5. The Hall–Kier alpha value is -3.83. The highest BCUT2D eigenvalue weighted by atomic mass is 35.5. The second kappa shape index (κ2) is 16.5. The second-order valence-corrected chi connectivity index (χ2v) is 11.7. The minimum Gasteiger partial charge on any atom is -0.492 e. The number of nitrogens with zero attached hydrogens (tertiary/aromatic N) is 4. The Morgan fingerprint density at radius 2 is 1.58 bits per heavy atom. The molecule has 1 fully saturated rings. The third-order valence-electron chi connectivity index (χ3n) is 7.87. The molecule has 3 N–H and O–H groups in total. The number of nitrogens with one attached hydrogen (secondary N) is 1. The highest BCUT2D eigenvalue weighted by Gasteiger charge is 2.26. The first-order valence-corrected chi connectivity index (χ1v) is 15.4. The molecule has 0 aliphatic carbocycles. The lowest BCUT2D eigenvalue weighted by Gasteiger charge is -2.36. The maximum absolute atomic E-state index is 13.0. The Morgan fingerprint density at radius 1 is 0.911 bits per heavy atom. The molecular formula is C34H43BClN5O4. The molecular weight excluding hydrogens is 589 g/mol. The zero-order chi connectivity index (χ0) is 30.9. The van der Waals surface area contributed by atoms with Crippen molar-refractivity contribution in [1.29, 1.82) is 0 Å². The number of para-hydroxylation sites is 1. The summed E-state index contributed by atoms with van der Waals surface area (Å²) in [4.78, 5) is 17.9. The Labute approximate surface area is 272 Å². The molecule has 11 heteroatoms. The van der Waals surface area contributed by atoms with E-state index in [2.05, 4.69) is 45.4 Å². The highest BCUT2D eigenvalue weighted by molar-refractivity contribution is 6.43. The van der Waals surface area contributed by atoms with Gasteiger partial charge in [-0.2, -0.15) is 5.10 Å². The topological polar surface area (TPSA) is 103 Å². The SMILES string of the molecule is CC(C)CC(NC(=O)Cn1nc(-c2cccc(OCCN3CCN(c4ccccc4)CC3)c2)cc1-c1ccccc1)B(O)O.Cl. The zero-order valence-corrected chi connectivity index (χ0v) is 26.8. The second-order valence-electron chi connectivity index (χ2n) is 11.7. The largest absolute Gasteiger partial charge is 0.492 e. The predicted molar refractivity (Wildman–Crippen MR) is 183 cm³/mol. The van der Waals surface area contributed by atoms with Crippen LogP contribution in [0.2, 0.25) is 0 Å². The summed E-state index contributed by atoms with van der Waals surface area (Å²) in [6, 6.07) is 30.2. The Bertz CT molecular complexity index is 1480. The van der Waals surface area contributed by atoms with Crippen LogP contribution in [0, 0.1) is 5.92 Å². The van der Waals surface area contributed by atoms with Crippen molar-refractivity contribution in [3.63, 3.8) is 0 Å². The lowest BCUT2D eigenvalue weighted by Crippen LogP contribution is -2.48. The highest BCUT2D eigenvalue weighted by Crippen LogP contribution is 2.28. The summed E-state index contributed by atoms with van der Waals surface area (Å²) in [5, 5.41) is 27.1. The van der Waals surface area contributed by atoms with Crippen molar-refractivity contribution in [3.05, 3.63) is 91.0 Å². The molecule has 1 unspecified atom stereocenters. The molecule has 238 valence electrons. The fourth-order valence-corrected chi connectivity index (χ4v) is 5.58. The van der Waals surface area contributed by atoms with Gasteiger partial charge < -0.3 is 25.0 Å². The number of carbonyl (C=O) groups excluding carboxylic acids is 1. The molecule has 0 saturated carbocycles. The first-order valence-electron chi connectivity index (χ1n) is 15.4. The van der Waals surface area contributed by atoms with Crippen LogP contribution in [0.3, 0.4) is 0 Å². The van der Waals surface area contributed by atoms with Crippen molar-refractivity contribution in [2.75, 3.05) is 44.2 Å². The van der Waals surface area contributed by atoms with Gasteiger partial charge in [-0.05, 0) is 48.2 Å². The molecule has 1 saturated heterocycles. The lowest BCUT2D eigenvalue weighted by molar-refractivity contribution is -0.122. The van der Waals surface area contributed by atoms with Crippen molar-refractivity contribution >= 4 is 31.1 Å². The summed E-state index contributed by atoms with van der Waals surface area (Å²) < 4.78 is 7.83. The van der Waals surface area contributed by atoms with Gasteiger partial charge in [-0.3, -0.25) is 14.4 Å². The number of amides is 1. The molecule has 2 heterocycles. The Balaban J connectivity index is 0.00000461. The normalized spacial score (nSPS) is 14.1. The van der Waals surface area contributed by atoms with E-state index in [-0.39, 0.29) is 30.8 Å². The van der Waals surface area contributed by atoms with E-state index in [1.165, 1.54) is 5.69 Å². The summed E-state index contributed by atoms with van der Waals surface area (Å²) in [7, 11) is -1.63. The van der Waals surface area contributed by atoms with Crippen molar-refractivity contribution in [1.82, 2.24) is 20.0 Å². The minimum absolute atomic E-state index is 0. The summed E-state index contributed by atoms with van der Waals surface area (Å²) in [6.07, 6.45) is 0.454. The maximum atomic E-state index is 13.0. The van der Waals surface area contributed by atoms with Crippen LogP contribution in [0.5, 0.6) is 5.75 Å². The van der Waals surface area contributed by atoms with Gasteiger partial charge in [-0.1, -0.05) is 74.5 Å². The number of aromatic nitrogens is 2. The molecule has 0 bridgehead atoms. The summed E-state index contributed by atoms with van der Waals surface area (Å²) in [5.74, 6) is -0.124. The van der Waals surface area contributed by atoms with Gasteiger partial charge in [0.15, 0.2) is 0 Å². The van der Waals surface area contributed by atoms with E-state index >= 15 is 0 Å². The number of anilines is 1. The van der Waals surface area contributed by atoms with Gasteiger partial charge in [-0.15, -0.1) is 12.4 Å². The average molecular weight is 632 g/mol. The number of rotatable bonds is 13. The standard InChI is InChI=1S/C34H42BN5O4.ClH/c1-26(2)22-33(35(42)43)36-34(41)25-40-32(27-10-5-3-6-11-27)24-31(37-40)28-12-9-15-30(23-28)44-21-20-38-16-18-39(19-17-38)29-13-7-4-8-14-29;/h3-15,23-24,26,33,42-43H,16-22,25H2,1-2H3,(H,36,41);1H. The molecule has 1 aliphatic heterocycles. The van der Waals surface area contributed by atoms with Crippen molar-refractivity contribution in [2.45, 2.75) is 32.8 Å². The number of hydrogen-bond acceptors (Lipinski definition) is 7. The van der Waals surface area contributed by atoms with E-state index in [1.807, 2.05) is 74.5 Å². The van der Waals surface area contributed by atoms with Crippen molar-refractivity contribution in [2.24, 2.45) is 5.92 Å². The van der Waals surface area contributed by atoms with Gasteiger partial charge in [0.25, 0.3) is 0 Å². The molecule has 1 aromatic heterocycles. The molecule has 0 radical (unpaired) electrons. The lowest BCUT2D eigenvalue weighted by atomic mass is 9.75. The summed E-state index contributed by atoms with van der Waals surface area (Å²) >= 11 is 0. The molecule has 5 rings (SSSR count). The van der Waals surface area contributed by atoms with Gasteiger partial charge in [0.1, 0.15) is 18.9 Å². The molecule has 3 aromatic carbocycles. The fourth-order valence-electron chi connectivity index (χ4n) is 5.58. The van der Waals surface area contributed by atoms with Crippen molar-refractivity contribution in [3.8, 4) is 28.3 Å². The van der Waals surface area contributed by atoms with Gasteiger partial charge in [0, 0.05) is 44.0 Å². The van der Waals surface area contributed by atoms with E-state index in [0.717, 1.165) is 61.0 Å². The third-order valence-corrected chi connectivity index (χ3v) is 7.87. The van der Waals surface area contributed by atoms with E-state index in [1.54, 1.807) is 4.68 Å². The van der Waals surface area contributed by atoms with Crippen LogP contribution < -0.4 is 15.0 Å². The van der Waals surface area contributed by atoms with Crippen LogP contribution in [0.15, 0.2) is 91.0 Å². The molecule has 45 heavy (non-hydrogen) atoms. The van der Waals surface area contributed by atoms with Crippen LogP contribution >= 0.6 is 12.4 Å². The van der Waals surface area contributed by atoms with Crippen LogP contribution in [0.4, 0.5) is 5.69 Å². The van der Waals surface area contributed by atoms with E-state index < -0.39 is 13.1 Å². The molecule has 0 spiro atoms. The molecule has 4 aromatic rings. The average Bonchev–Trinajstić information content (AvgIpc) is 3.45. The minimum atomic E-state index is -1.63. The van der Waals surface area contributed by atoms with Crippen LogP contribution in [-0.2, 0) is 11.3 Å². The first-order chi connectivity index (χ1) is 21.4. The van der Waals surface area contributed by atoms with Gasteiger partial charge in [0.05, 0.1) is 17.3 Å². The van der Waals surface area contributed by atoms with Gasteiger partial charge in [0.2, 0.25) is 5.91 Å². The quantitative estimate of drug-likeness (QED) is 0.188. The third kappa shape index (κ3) is 9.58. The van der Waals surface area contributed by atoms with Gasteiger partial charge in [-0.25, -0.2) is 0 Å². The van der Waals surface area contributed by atoms with Crippen LogP contribution in [0.1, 0.15) is 20.3 Å². The summed E-state index contributed by atoms with van der Waals surface area (Å²) in [6.45, 7) is 9.34. The van der Waals surface area contributed by atoms with E-state index in [4.69, 9.17) is 9.84 Å². The fraction of sp³-hybridized carbons (Fsp3) is 0.353.